The number of hydrogen-bond acceptors (Lipinski definition) is 3. The molecule has 302 valence electrons. The average molecular weight is 827 g/mol. The van der Waals surface area contributed by atoms with Crippen molar-refractivity contribution in [2.75, 3.05) is 0 Å². The first-order valence-electron chi connectivity index (χ1n) is 22.1. The second kappa shape index (κ2) is 15.0. The summed E-state index contributed by atoms with van der Waals surface area (Å²) >= 11 is 0. The monoisotopic (exact) mass is 826 g/mol. The maximum Gasteiger partial charge on any atom is 0.160 e. The molecule has 3 heteroatoms. The molecule has 2 aromatic heterocycles. The normalized spacial score (nSPS) is 11.7. The van der Waals surface area contributed by atoms with Gasteiger partial charge in [-0.3, -0.25) is 0 Å². The van der Waals surface area contributed by atoms with Gasteiger partial charge >= 0.3 is 0 Å². The highest BCUT2D eigenvalue weighted by atomic mass is 16.3. The quantitative estimate of drug-likeness (QED) is 0.124. The van der Waals surface area contributed by atoms with Gasteiger partial charge in [0.05, 0.1) is 11.4 Å². The Labute approximate surface area is 375 Å². The van der Waals surface area contributed by atoms with Crippen molar-refractivity contribution in [2.45, 2.75) is 0 Å². The molecule has 11 aromatic carbocycles. The third-order valence-electron chi connectivity index (χ3n) is 13.1. The van der Waals surface area contributed by atoms with Gasteiger partial charge in [-0.2, -0.15) is 0 Å². The molecule has 13 aromatic rings. The van der Waals surface area contributed by atoms with Crippen molar-refractivity contribution in [3.63, 3.8) is 0 Å². The number of rotatable bonds is 6. The van der Waals surface area contributed by atoms with Gasteiger partial charge in [-0.25, -0.2) is 9.97 Å². The van der Waals surface area contributed by atoms with Crippen molar-refractivity contribution in [3.8, 4) is 67.3 Å². The molecule has 0 aliphatic heterocycles. The summed E-state index contributed by atoms with van der Waals surface area (Å²) in [4.78, 5) is 10.2. The molecule has 0 fully saturated rings. The van der Waals surface area contributed by atoms with Crippen molar-refractivity contribution in [1.29, 1.82) is 0 Å². The Hall–Kier alpha value is -8.66. The zero-order valence-electron chi connectivity index (χ0n) is 35.2. The largest absolute Gasteiger partial charge is 0.456 e. The molecule has 65 heavy (non-hydrogen) atoms. The summed E-state index contributed by atoms with van der Waals surface area (Å²) < 4.78 is 6.27. The number of fused-ring (bicyclic) bond motifs is 8. The molecule has 3 nitrogen and oxygen atoms in total. The Balaban J connectivity index is 0.886. The number of aromatic nitrogens is 2. The smallest absolute Gasteiger partial charge is 0.160 e. The van der Waals surface area contributed by atoms with Gasteiger partial charge in [0.2, 0.25) is 0 Å². The van der Waals surface area contributed by atoms with E-state index in [1.165, 1.54) is 70.9 Å². The fourth-order valence-corrected chi connectivity index (χ4v) is 9.92. The number of furan rings is 1. The van der Waals surface area contributed by atoms with Crippen LogP contribution >= 0.6 is 0 Å². The first-order valence-corrected chi connectivity index (χ1v) is 22.1. The zero-order valence-corrected chi connectivity index (χ0v) is 35.2. The highest BCUT2D eigenvalue weighted by molar-refractivity contribution is 6.28. The van der Waals surface area contributed by atoms with Crippen LogP contribution in [0.3, 0.4) is 0 Å². The molecule has 0 saturated carbocycles. The Bertz CT molecular complexity index is 3980. The van der Waals surface area contributed by atoms with E-state index in [2.05, 4.69) is 194 Å². The molecular formula is C62H38N2O. The van der Waals surface area contributed by atoms with Crippen LogP contribution in [0.15, 0.2) is 235 Å². The van der Waals surface area contributed by atoms with Crippen LogP contribution in [0.5, 0.6) is 0 Å². The first kappa shape index (κ1) is 36.9. The van der Waals surface area contributed by atoms with Gasteiger partial charge < -0.3 is 4.42 Å². The molecule has 0 amide bonds. The van der Waals surface area contributed by atoms with Gasteiger partial charge in [0.25, 0.3) is 0 Å². The van der Waals surface area contributed by atoms with E-state index < -0.39 is 0 Å². The lowest BCUT2D eigenvalue weighted by atomic mass is 9.83. The number of hydrogen-bond donors (Lipinski definition) is 0. The summed E-state index contributed by atoms with van der Waals surface area (Å²) in [6.07, 6.45) is 0. The van der Waals surface area contributed by atoms with Crippen LogP contribution in [0.2, 0.25) is 0 Å². The van der Waals surface area contributed by atoms with E-state index in [0.29, 0.717) is 5.82 Å². The molecule has 0 bridgehead atoms. The number of para-hydroxylation sites is 1. The average Bonchev–Trinajstić information content (AvgIpc) is 3.76. The molecule has 0 aliphatic carbocycles. The highest BCUT2D eigenvalue weighted by Gasteiger charge is 2.19. The van der Waals surface area contributed by atoms with Gasteiger partial charge in [-0.15, -0.1) is 0 Å². The number of nitrogens with zero attached hydrogens (tertiary/aromatic N) is 2. The van der Waals surface area contributed by atoms with Gasteiger partial charge in [-0.05, 0) is 113 Å². The summed E-state index contributed by atoms with van der Waals surface area (Å²) in [5.74, 6) is 0.682. The van der Waals surface area contributed by atoms with E-state index in [1.54, 1.807) is 0 Å². The predicted molar refractivity (Wildman–Crippen MR) is 272 cm³/mol. The van der Waals surface area contributed by atoms with Crippen LogP contribution in [0.4, 0.5) is 0 Å². The molecule has 13 rings (SSSR count). The second-order valence-corrected chi connectivity index (χ2v) is 16.9. The third-order valence-corrected chi connectivity index (χ3v) is 13.1. The Morgan fingerprint density at radius 3 is 1.55 bits per heavy atom. The lowest BCUT2D eigenvalue weighted by molar-refractivity contribution is 0.669. The van der Waals surface area contributed by atoms with Crippen LogP contribution in [0.1, 0.15) is 0 Å². The van der Waals surface area contributed by atoms with E-state index in [1.807, 2.05) is 36.4 Å². The van der Waals surface area contributed by atoms with Crippen LogP contribution in [-0.4, -0.2) is 9.97 Å². The van der Waals surface area contributed by atoms with E-state index in [-0.39, 0.29) is 0 Å². The maximum absolute atomic E-state index is 6.27. The zero-order chi connectivity index (χ0) is 42.8. The minimum atomic E-state index is 0.682. The highest BCUT2D eigenvalue weighted by Crippen LogP contribution is 2.47. The molecule has 0 unspecified atom stereocenters. The Morgan fingerprint density at radius 2 is 0.785 bits per heavy atom. The van der Waals surface area contributed by atoms with Crippen LogP contribution in [0, 0.1) is 0 Å². The summed E-state index contributed by atoms with van der Waals surface area (Å²) in [5.41, 5.74) is 13.7. The fraction of sp³-hybridized carbons (Fsp3) is 0. The van der Waals surface area contributed by atoms with Crippen LogP contribution < -0.4 is 0 Å². The lowest BCUT2D eigenvalue weighted by Crippen LogP contribution is -1.96. The molecule has 0 atom stereocenters. The minimum absolute atomic E-state index is 0.682. The van der Waals surface area contributed by atoms with Crippen molar-refractivity contribution < 1.29 is 4.42 Å². The van der Waals surface area contributed by atoms with E-state index in [9.17, 15) is 0 Å². The van der Waals surface area contributed by atoms with Crippen molar-refractivity contribution in [3.05, 3.63) is 231 Å². The molecule has 0 saturated heterocycles. The Morgan fingerprint density at radius 1 is 0.262 bits per heavy atom. The van der Waals surface area contributed by atoms with Gasteiger partial charge in [0.15, 0.2) is 5.82 Å². The maximum atomic E-state index is 6.27. The Kier molecular flexibility index (Phi) is 8.53. The van der Waals surface area contributed by atoms with Crippen LogP contribution in [-0.2, 0) is 0 Å². The standard InChI is InChI=1S/C62H38N2O/c1-3-14-42(15-4-1)59-52-20-9-10-21-53(52)60(61-49-18-8-7-13-40(49)31-34-54(59)61)48-30-29-45-35-44(27-28-46(45)36-48)39-23-25-41(26-24-39)55-38-56(64-62(63-55)43-16-5-2-6-17-43)47-32-33-51-50-19-11-12-22-57(50)65-58(51)37-47/h1-38H. The topological polar surface area (TPSA) is 38.9 Å². The van der Waals surface area contributed by atoms with Gasteiger partial charge in [0.1, 0.15) is 11.2 Å². The van der Waals surface area contributed by atoms with Gasteiger partial charge in [0, 0.05) is 27.5 Å². The molecule has 0 radical (unpaired) electrons. The molecule has 0 aliphatic rings. The SMILES string of the molecule is c1ccc(-c2nc(-c3ccc(-c4ccc5cc(-c6c7ccccc7c(-c7ccccc7)c7ccc8ccccc8c67)ccc5c4)cc3)cc(-c3ccc4c(c3)oc3ccccc34)n2)cc1. The van der Waals surface area contributed by atoms with Crippen LogP contribution in [0.25, 0.3) is 132 Å². The lowest BCUT2D eigenvalue weighted by Gasteiger charge is -2.19. The summed E-state index contributed by atoms with van der Waals surface area (Å²) in [7, 11) is 0. The van der Waals surface area contributed by atoms with Gasteiger partial charge in [-0.1, -0.05) is 194 Å². The summed E-state index contributed by atoms with van der Waals surface area (Å²) in [5, 5.41) is 12.2. The number of benzene rings is 11. The summed E-state index contributed by atoms with van der Waals surface area (Å²) in [6.45, 7) is 0. The molecule has 0 N–H and O–H groups in total. The molecule has 2 heterocycles. The van der Waals surface area contributed by atoms with Crippen molar-refractivity contribution in [1.82, 2.24) is 9.97 Å². The van der Waals surface area contributed by atoms with E-state index in [0.717, 1.165) is 55.6 Å². The van der Waals surface area contributed by atoms with E-state index in [4.69, 9.17) is 14.4 Å². The van der Waals surface area contributed by atoms with Crippen molar-refractivity contribution in [2.24, 2.45) is 0 Å². The predicted octanol–water partition coefficient (Wildman–Crippen LogP) is 17.0. The fourth-order valence-electron chi connectivity index (χ4n) is 9.92. The first-order chi connectivity index (χ1) is 32.2. The third kappa shape index (κ3) is 6.28. The van der Waals surface area contributed by atoms with E-state index >= 15 is 0 Å². The molecular weight excluding hydrogens is 789 g/mol. The van der Waals surface area contributed by atoms with Crippen molar-refractivity contribution >= 4 is 65.0 Å². The minimum Gasteiger partial charge on any atom is -0.456 e. The second-order valence-electron chi connectivity index (χ2n) is 16.9. The molecule has 0 spiro atoms. The summed E-state index contributed by atoms with van der Waals surface area (Å²) in [6, 6.07) is 82.5.